The molecule has 6 heteroatoms. The summed E-state index contributed by atoms with van der Waals surface area (Å²) in [6.07, 6.45) is 0. The monoisotopic (exact) mass is 362 g/mol. The van der Waals surface area contributed by atoms with E-state index in [1.165, 1.54) is 0 Å². The van der Waals surface area contributed by atoms with Gasteiger partial charge in [-0.2, -0.15) is 0 Å². The lowest BCUT2D eigenvalue weighted by atomic mass is 10.2. The average Bonchev–Trinajstić information content (AvgIpc) is 2.67. The molecule has 138 valence electrons. The Morgan fingerprint density at radius 3 is 2.56 bits per heavy atom. The molecule has 2 N–H and O–H groups in total. The minimum Gasteiger partial charge on any atom is -0.496 e. The lowest BCUT2D eigenvalue weighted by Gasteiger charge is -2.12. The van der Waals surface area contributed by atoms with E-state index < -0.39 is 0 Å². The van der Waals surface area contributed by atoms with Crippen LogP contribution < -0.4 is 15.4 Å². The zero-order valence-corrected chi connectivity index (χ0v) is 15.6. The zero-order chi connectivity index (χ0) is 19.2. The number of carbonyl (C=O) groups is 1. The first kappa shape index (κ1) is 18.4. The Morgan fingerprint density at radius 2 is 1.78 bits per heavy atom. The van der Waals surface area contributed by atoms with Crippen molar-refractivity contribution >= 4 is 17.4 Å². The molecule has 0 radical (unpaired) electrons. The number of anilines is 2. The first-order valence-corrected chi connectivity index (χ1v) is 8.65. The number of aromatic nitrogens is 2. The summed E-state index contributed by atoms with van der Waals surface area (Å²) in [5.41, 5.74) is 3.25. The van der Waals surface area contributed by atoms with Gasteiger partial charge in [-0.05, 0) is 31.5 Å². The van der Waals surface area contributed by atoms with Crippen LogP contribution in [0, 0.1) is 13.8 Å². The summed E-state index contributed by atoms with van der Waals surface area (Å²) in [5, 5.41) is 6.13. The molecule has 0 bridgehead atoms. The van der Waals surface area contributed by atoms with Gasteiger partial charge in [0.05, 0.1) is 7.11 Å². The number of benzene rings is 2. The minimum atomic E-state index is -0.265. The molecule has 1 amide bonds. The first-order valence-electron chi connectivity index (χ1n) is 8.65. The van der Waals surface area contributed by atoms with Crippen molar-refractivity contribution in [2.75, 3.05) is 12.4 Å². The van der Waals surface area contributed by atoms with Gasteiger partial charge in [0.2, 0.25) is 0 Å². The molecule has 1 aromatic heterocycles. The van der Waals surface area contributed by atoms with Gasteiger partial charge in [-0.15, -0.1) is 0 Å². The van der Waals surface area contributed by atoms with E-state index in [0.717, 1.165) is 22.6 Å². The van der Waals surface area contributed by atoms with E-state index in [4.69, 9.17) is 4.74 Å². The van der Waals surface area contributed by atoms with Crippen molar-refractivity contribution in [1.82, 2.24) is 15.3 Å². The summed E-state index contributed by atoms with van der Waals surface area (Å²) >= 11 is 0. The number of rotatable bonds is 6. The maximum Gasteiger partial charge on any atom is 0.270 e. The Balaban J connectivity index is 1.75. The smallest absolute Gasteiger partial charge is 0.270 e. The predicted molar refractivity (Wildman–Crippen MR) is 105 cm³/mol. The number of carbonyl (C=O) groups excluding carboxylic acids is 1. The van der Waals surface area contributed by atoms with E-state index in [-0.39, 0.29) is 5.91 Å². The SMILES string of the molecule is COc1ccccc1CNC(=O)c1cc(Nc2ccccc2C)nc(C)n1. The second kappa shape index (κ2) is 8.31. The average molecular weight is 362 g/mol. The third-order valence-corrected chi connectivity index (χ3v) is 4.11. The maximum atomic E-state index is 12.6. The molecule has 6 nitrogen and oxygen atoms in total. The van der Waals surface area contributed by atoms with Gasteiger partial charge in [-0.25, -0.2) is 9.97 Å². The quantitative estimate of drug-likeness (QED) is 0.698. The number of aryl methyl sites for hydroxylation is 2. The van der Waals surface area contributed by atoms with Gasteiger partial charge in [0, 0.05) is 23.9 Å². The molecule has 3 aromatic rings. The van der Waals surface area contributed by atoms with E-state index in [2.05, 4.69) is 20.6 Å². The van der Waals surface area contributed by atoms with Gasteiger partial charge in [-0.1, -0.05) is 36.4 Å². The zero-order valence-electron chi connectivity index (χ0n) is 15.6. The van der Waals surface area contributed by atoms with Crippen LogP contribution in [-0.2, 0) is 6.54 Å². The van der Waals surface area contributed by atoms with E-state index in [1.54, 1.807) is 20.1 Å². The minimum absolute atomic E-state index is 0.265. The van der Waals surface area contributed by atoms with Crippen LogP contribution in [0.25, 0.3) is 0 Å². The molecule has 2 aromatic carbocycles. The largest absolute Gasteiger partial charge is 0.496 e. The third-order valence-electron chi connectivity index (χ3n) is 4.11. The van der Waals surface area contributed by atoms with Crippen molar-refractivity contribution in [1.29, 1.82) is 0 Å². The van der Waals surface area contributed by atoms with Crippen molar-refractivity contribution < 1.29 is 9.53 Å². The van der Waals surface area contributed by atoms with Crippen LogP contribution in [0.1, 0.15) is 27.4 Å². The van der Waals surface area contributed by atoms with Crippen LogP contribution in [-0.4, -0.2) is 23.0 Å². The van der Waals surface area contributed by atoms with Gasteiger partial charge in [0.1, 0.15) is 23.1 Å². The number of amides is 1. The molecule has 0 saturated heterocycles. The van der Waals surface area contributed by atoms with E-state index in [9.17, 15) is 4.79 Å². The number of para-hydroxylation sites is 2. The molecule has 3 rings (SSSR count). The van der Waals surface area contributed by atoms with E-state index >= 15 is 0 Å². The number of ether oxygens (including phenoxy) is 1. The van der Waals surface area contributed by atoms with Gasteiger partial charge in [0.15, 0.2) is 0 Å². The van der Waals surface area contributed by atoms with Gasteiger partial charge >= 0.3 is 0 Å². The Morgan fingerprint density at radius 1 is 1.04 bits per heavy atom. The van der Waals surface area contributed by atoms with Crippen LogP contribution in [0.15, 0.2) is 54.6 Å². The Hall–Kier alpha value is -3.41. The third kappa shape index (κ3) is 4.61. The van der Waals surface area contributed by atoms with Crippen molar-refractivity contribution in [2.24, 2.45) is 0 Å². The second-order valence-electron chi connectivity index (χ2n) is 6.12. The second-order valence-corrected chi connectivity index (χ2v) is 6.12. The highest BCUT2D eigenvalue weighted by Gasteiger charge is 2.12. The highest BCUT2D eigenvalue weighted by Crippen LogP contribution is 2.20. The molecule has 0 atom stereocenters. The molecule has 27 heavy (non-hydrogen) atoms. The lowest BCUT2D eigenvalue weighted by Crippen LogP contribution is -2.24. The number of methoxy groups -OCH3 is 1. The van der Waals surface area contributed by atoms with Gasteiger partial charge in [0.25, 0.3) is 5.91 Å². The number of nitrogens with one attached hydrogen (secondary N) is 2. The van der Waals surface area contributed by atoms with Crippen LogP contribution in [0.2, 0.25) is 0 Å². The molecule has 0 aliphatic carbocycles. The topological polar surface area (TPSA) is 76.1 Å². The van der Waals surface area contributed by atoms with Crippen molar-refractivity contribution in [3.63, 3.8) is 0 Å². The normalized spacial score (nSPS) is 10.3. The molecular weight excluding hydrogens is 340 g/mol. The predicted octanol–water partition coefficient (Wildman–Crippen LogP) is 3.78. The number of hydrogen-bond donors (Lipinski definition) is 2. The van der Waals surface area contributed by atoms with Crippen molar-refractivity contribution in [2.45, 2.75) is 20.4 Å². The number of hydrogen-bond acceptors (Lipinski definition) is 5. The fraction of sp³-hybridized carbons (Fsp3) is 0.190. The Labute approximate surface area is 158 Å². The fourth-order valence-electron chi connectivity index (χ4n) is 2.71. The summed E-state index contributed by atoms with van der Waals surface area (Å²) in [5.74, 6) is 1.58. The van der Waals surface area contributed by atoms with Crippen molar-refractivity contribution in [3.8, 4) is 5.75 Å². The van der Waals surface area contributed by atoms with E-state index in [1.807, 2.05) is 55.5 Å². The van der Waals surface area contributed by atoms with Crippen LogP contribution in [0.5, 0.6) is 5.75 Å². The highest BCUT2D eigenvalue weighted by atomic mass is 16.5. The molecule has 0 aliphatic rings. The van der Waals surface area contributed by atoms with Crippen LogP contribution in [0.4, 0.5) is 11.5 Å². The van der Waals surface area contributed by atoms with Crippen LogP contribution in [0.3, 0.4) is 0 Å². The Bertz CT molecular complexity index is 956. The highest BCUT2D eigenvalue weighted by molar-refractivity contribution is 5.93. The van der Waals surface area contributed by atoms with Gasteiger partial charge in [-0.3, -0.25) is 4.79 Å². The van der Waals surface area contributed by atoms with Crippen molar-refractivity contribution in [3.05, 3.63) is 77.2 Å². The molecule has 0 unspecified atom stereocenters. The lowest BCUT2D eigenvalue weighted by molar-refractivity contribution is 0.0945. The summed E-state index contributed by atoms with van der Waals surface area (Å²) in [6, 6.07) is 17.1. The van der Waals surface area contributed by atoms with E-state index in [0.29, 0.717) is 23.9 Å². The maximum absolute atomic E-state index is 12.6. The molecule has 0 spiro atoms. The molecular formula is C21H22N4O2. The molecule has 0 fully saturated rings. The van der Waals surface area contributed by atoms with Crippen LogP contribution >= 0.6 is 0 Å². The summed E-state index contributed by atoms with van der Waals surface area (Å²) in [6.45, 7) is 4.13. The first-order chi connectivity index (χ1) is 13.1. The summed E-state index contributed by atoms with van der Waals surface area (Å²) < 4.78 is 5.31. The molecule has 0 aliphatic heterocycles. The molecule has 0 saturated carbocycles. The molecule has 1 heterocycles. The Kier molecular flexibility index (Phi) is 5.66. The number of nitrogens with zero attached hydrogens (tertiary/aromatic N) is 2. The van der Waals surface area contributed by atoms with Gasteiger partial charge < -0.3 is 15.4 Å². The standard InChI is InChI=1S/C21H22N4O2/c1-14-8-4-6-10-17(14)25-20-12-18(23-15(2)24-20)21(26)22-13-16-9-5-7-11-19(16)27-3/h4-12H,13H2,1-3H3,(H,22,26)(H,23,24,25). The fourth-order valence-corrected chi connectivity index (χ4v) is 2.71. The summed E-state index contributed by atoms with van der Waals surface area (Å²) in [4.78, 5) is 21.2. The summed E-state index contributed by atoms with van der Waals surface area (Å²) in [7, 11) is 1.61.